The highest BCUT2D eigenvalue weighted by atomic mass is 35.5. The topological polar surface area (TPSA) is 74.6 Å². The first-order chi connectivity index (χ1) is 3.81. The van der Waals surface area contributed by atoms with E-state index in [9.17, 15) is 8.42 Å². The maximum Gasteiger partial charge on any atom is 0.295 e. The second-order valence-corrected chi connectivity index (χ2v) is 3.88. The van der Waals surface area contributed by atoms with Crippen molar-refractivity contribution in [3.8, 4) is 0 Å². The molecule has 0 aliphatic rings. The molecule has 2 N–H and O–H groups in total. The Labute approximate surface area is 58.2 Å². The summed E-state index contributed by atoms with van der Waals surface area (Å²) in [6.45, 7) is 0.912. The van der Waals surface area contributed by atoms with Crippen molar-refractivity contribution < 1.29 is 18.1 Å². The molecule has 0 aromatic heterocycles. The van der Waals surface area contributed by atoms with Crippen LogP contribution < -0.4 is 0 Å². The Hall–Kier alpha value is 0.160. The molecule has 6 heteroatoms. The van der Waals surface area contributed by atoms with Crippen molar-refractivity contribution in [2.75, 3.05) is 5.88 Å². The molecule has 0 aromatic carbocycles. The van der Waals surface area contributed by atoms with Gasteiger partial charge in [-0.3, -0.25) is 4.55 Å². The van der Waals surface area contributed by atoms with Gasteiger partial charge in [-0.05, 0) is 6.92 Å². The van der Waals surface area contributed by atoms with Gasteiger partial charge in [0.1, 0.15) is 0 Å². The lowest BCUT2D eigenvalue weighted by Gasteiger charge is -2.14. The van der Waals surface area contributed by atoms with E-state index >= 15 is 0 Å². The Bertz CT molecular complexity index is 182. The standard InChI is InChI=1S/C3H7ClO4S/c1-3(5,2-4)9(6,7)8/h5H,2H2,1H3,(H,6,7,8). The largest absolute Gasteiger partial charge is 0.372 e. The van der Waals surface area contributed by atoms with Crippen molar-refractivity contribution in [3.63, 3.8) is 0 Å². The lowest BCUT2D eigenvalue weighted by atomic mass is 10.5. The van der Waals surface area contributed by atoms with Crippen LogP contribution in [-0.4, -0.2) is 28.9 Å². The molecule has 0 saturated carbocycles. The zero-order valence-electron chi connectivity index (χ0n) is 4.70. The van der Waals surface area contributed by atoms with Gasteiger partial charge in [-0.1, -0.05) is 0 Å². The summed E-state index contributed by atoms with van der Waals surface area (Å²) in [6.07, 6.45) is 0. The highest BCUT2D eigenvalue weighted by Gasteiger charge is 2.33. The first kappa shape index (κ1) is 9.16. The molecular weight excluding hydrogens is 168 g/mol. The van der Waals surface area contributed by atoms with E-state index in [4.69, 9.17) is 21.3 Å². The third kappa shape index (κ3) is 2.09. The average molecular weight is 175 g/mol. The average Bonchev–Trinajstić information content (AvgIpc) is 1.64. The minimum atomic E-state index is -4.43. The molecule has 1 unspecified atom stereocenters. The lowest BCUT2D eigenvalue weighted by molar-refractivity contribution is 0.155. The summed E-state index contributed by atoms with van der Waals surface area (Å²) >= 11 is 4.99. The first-order valence-corrected chi connectivity index (χ1v) is 4.04. The molecule has 0 amide bonds. The third-order valence-electron chi connectivity index (χ3n) is 0.804. The maximum atomic E-state index is 10.1. The molecule has 0 saturated heterocycles. The van der Waals surface area contributed by atoms with E-state index in [1.54, 1.807) is 0 Å². The predicted molar refractivity (Wildman–Crippen MR) is 32.9 cm³/mol. The Morgan fingerprint density at radius 2 is 2.00 bits per heavy atom. The molecule has 0 aliphatic heterocycles. The quantitative estimate of drug-likeness (QED) is 0.450. The van der Waals surface area contributed by atoms with Crippen LogP contribution in [0.25, 0.3) is 0 Å². The lowest BCUT2D eigenvalue weighted by Crippen LogP contribution is -2.36. The van der Waals surface area contributed by atoms with Crippen LogP contribution in [0, 0.1) is 0 Å². The fourth-order valence-electron chi connectivity index (χ4n) is 0.0689. The summed E-state index contributed by atoms with van der Waals surface area (Å²) in [5, 5.41) is 8.69. The van der Waals surface area contributed by atoms with Crippen molar-refractivity contribution in [3.05, 3.63) is 0 Å². The minimum absolute atomic E-state index is 0.550. The van der Waals surface area contributed by atoms with Gasteiger partial charge in [-0.2, -0.15) is 8.42 Å². The Morgan fingerprint density at radius 3 is 2.00 bits per heavy atom. The normalized spacial score (nSPS) is 19.1. The van der Waals surface area contributed by atoms with Gasteiger partial charge in [-0.15, -0.1) is 11.6 Å². The van der Waals surface area contributed by atoms with Gasteiger partial charge >= 0.3 is 0 Å². The molecule has 1 atom stereocenters. The molecular formula is C3H7ClO4S. The Morgan fingerprint density at radius 1 is 1.67 bits per heavy atom. The summed E-state index contributed by atoms with van der Waals surface area (Å²) < 4.78 is 28.4. The van der Waals surface area contributed by atoms with Gasteiger partial charge in [0.05, 0.1) is 5.88 Å². The van der Waals surface area contributed by atoms with E-state index in [0.717, 1.165) is 6.92 Å². The molecule has 4 nitrogen and oxygen atoms in total. The van der Waals surface area contributed by atoms with Crippen LogP contribution in [0.2, 0.25) is 0 Å². The zero-order valence-corrected chi connectivity index (χ0v) is 6.28. The zero-order chi connectivity index (χ0) is 7.71. The summed E-state index contributed by atoms with van der Waals surface area (Å²) in [5.41, 5.74) is 0. The molecule has 56 valence electrons. The highest BCUT2D eigenvalue weighted by molar-refractivity contribution is 7.87. The van der Waals surface area contributed by atoms with Gasteiger partial charge in [0, 0.05) is 0 Å². The molecule has 0 fully saturated rings. The van der Waals surface area contributed by atoms with E-state index in [0.29, 0.717) is 0 Å². The smallest absolute Gasteiger partial charge is 0.295 e. The molecule has 0 aliphatic carbocycles. The minimum Gasteiger partial charge on any atom is -0.372 e. The summed E-state index contributed by atoms with van der Waals surface area (Å²) in [4.78, 5) is -2.23. The van der Waals surface area contributed by atoms with Crippen LogP contribution in [0.5, 0.6) is 0 Å². The van der Waals surface area contributed by atoms with Gasteiger partial charge in [0.15, 0.2) is 0 Å². The molecule has 0 aromatic rings. The summed E-state index contributed by atoms with van der Waals surface area (Å²) in [6, 6.07) is 0. The van der Waals surface area contributed by atoms with E-state index < -0.39 is 20.9 Å². The molecule has 0 rings (SSSR count). The van der Waals surface area contributed by atoms with Gasteiger partial charge in [-0.25, -0.2) is 0 Å². The monoisotopic (exact) mass is 174 g/mol. The summed E-state index contributed by atoms with van der Waals surface area (Å²) in [7, 11) is -4.43. The van der Waals surface area contributed by atoms with Crippen LogP contribution in [0.4, 0.5) is 0 Å². The number of hydrogen-bond acceptors (Lipinski definition) is 3. The van der Waals surface area contributed by atoms with Crippen LogP contribution in [0.3, 0.4) is 0 Å². The Balaban J connectivity index is 4.56. The number of rotatable bonds is 2. The number of aliphatic hydroxyl groups is 1. The number of halogens is 1. The van der Waals surface area contributed by atoms with E-state index in [1.807, 2.05) is 0 Å². The van der Waals surface area contributed by atoms with Crippen molar-refractivity contribution in [2.24, 2.45) is 0 Å². The van der Waals surface area contributed by atoms with Crippen LogP contribution in [0.1, 0.15) is 6.92 Å². The van der Waals surface area contributed by atoms with Crippen molar-refractivity contribution >= 4 is 21.7 Å². The fourth-order valence-corrected chi connectivity index (χ4v) is 0.620. The van der Waals surface area contributed by atoms with Gasteiger partial charge in [0.25, 0.3) is 10.1 Å². The molecule has 0 bridgehead atoms. The van der Waals surface area contributed by atoms with Crippen LogP contribution in [0.15, 0.2) is 0 Å². The number of alkyl halides is 1. The second kappa shape index (κ2) is 2.42. The summed E-state index contributed by atoms with van der Waals surface area (Å²) in [5.74, 6) is -0.550. The van der Waals surface area contributed by atoms with Crippen LogP contribution >= 0.6 is 11.6 Å². The first-order valence-electron chi connectivity index (χ1n) is 2.06. The van der Waals surface area contributed by atoms with E-state index in [1.165, 1.54) is 0 Å². The van der Waals surface area contributed by atoms with E-state index in [-0.39, 0.29) is 0 Å². The molecule has 0 heterocycles. The van der Waals surface area contributed by atoms with Crippen molar-refractivity contribution in [1.82, 2.24) is 0 Å². The highest BCUT2D eigenvalue weighted by Crippen LogP contribution is 2.12. The Kier molecular flexibility index (Phi) is 2.46. The second-order valence-electron chi connectivity index (χ2n) is 1.78. The molecule has 0 spiro atoms. The van der Waals surface area contributed by atoms with Crippen molar-refractivity contribution in [2.45, 2.75) is 11.9 Å². The SMILES string of the molecule is CC(O)(CCl)S(=O)(=O)O. The predicted octanol–water partition coefficient (Wildman–Crippen LogP) is -0.178. The molecule has 9 heavy (non-hydrogen) atoms. The number of hydrogen-bond donors (Lipinski definition) is 2. The fraction of sp³-hybridized carbons (Fsp3) is 1.00. The van der Waals surface area contributed by atoms with E-state index in [2.05, 4.69) is 0 Å². The van der Waals surface area contributed by atoms with Crippen molar-refractivity contribution in [1.29, 1.82) is 0 Å². The van der Waals surface area contributed by atoms with Gasteiger partial charge in [0.2, 0.25) is 4.93 Å². The van der Waals surface area contributed by atoms with Gasteiger partial charge < -0.3 is 5.11 Å². The third-order valence-corrected chi connectivity index (χ3v) is 2.74. The molecule has 0 radical (unpaired) electrons. The van der Waals surface area contributed by atoms with Crippen LogP contribution in [-0.2, 0) is 10.1 Å². The maximum absolute atomic E-state index is 10.1.